The van der Waals surface area contributed by atoms with Crippen molar-refractivity contribution in [2.24, 2.45) is 0 Å². The van der Waals surface area contributed by atoms with Gasteiger partial charge in [-0.2, -0.15) is 0 Å². The smallest absolute Gasteiger partial charge is 0.251 e. The van der Waals surface area contributed by atoms with Gasteiger partial charge in [0.15, 0.2) is 0 Å². The fraction of sp³-hybridized carbons (Fsp3) is 0.857. The zero-order valence-electron chi connectivity index (χ0n) is 11.2. The molecule has 2 rings (SSSR count). The Morgan fingerprint density at radius 1 is 1.17 bits per heavy atom. The maximum atomic E-state index is 12.4. The molecular formula is C14H23NO3. The van der Waals surface area contributed by atoms with E-state index in [0.29, 0.717) is 13.0 Å². The summed E-state index contributed by atoms with van der Waals surface area (Å²) in [5.74, 6) is 0.285. The molecule has 0 bridgehead atoms. The summed E-state index contributed by atoms with van der Waals surface area (Å²) >= 11 is 0. The van der Waals surface area contributed by atoms with Crippen molar-refractivity contribution in [3.05, 3.63) is 0 Å². The number of ketones is 1. The van der Waals surface area contributed by atoms with Crippen LogP contribution in [0.25, 0.3) is 0 Å². The maximum absolute atomic E-state index is 12.4. The minimum absolute atomic E-state index is 0.0988. The van der Waals surface area contributed by atoms with Gasteiger partial charge in [-0.05, 0) is 32.6 Å². The summed E-state index contributed by atoms with van der Waals surface area (Å²) in [6.45, 7) is 3.10. The average molecular weight is 253 g/mol. The number of amides is 1. The van der Waals surface area contributed by atoms with Gasteiger partial charge in [-0.3, -0.25) is 9.59 Å². The van der Waals surface area contributed by atoms with Crippen molar-refractivity contribution in [2.75, 3.05) is 13.2 Å². The van der Waals surface area contributed by atoms with E-state index in [1.165, 1.54) is 0 Å². The van der Waals surface area contributed by atoms with Gasteiger partial charge in [-0.15, -0.1) is 0 Å². The first-order chi connectivity index (χ1) is 8.68. The summed E-state index contributed by atoms with van der Waals surface area (Å²) in [5, 5.41) is 0. The molecule has 0 aromatic rings. The molecule has 0 spiro atoms. The number of carbonyl (C=O) groups excluding carboxylic acids is 2. The lowest BCUT2D eigenvalue weighted by molar-refractivity contribution is -0.143. The number of ether oxygens (including phenoxy) is 1. The van der Waals surface area contributed by atoms with Crippen molar-refractivity contribution in [3.8, 4) is 0 Å². The monoisotopic (exact) mass is 253 g/mol. The Morgan fingerprint density at radius 3 is 2.67 bits per heavy atom. The van der Waals surface area contributed by atoms with E-state index in [2.05, 4.69) is 0 Å². The van der Waals surface area contributed by atoms with Crippen LogP contribution in [-0.2, 0) is 14.3 Å². The lowest BCUT2D eigenvalue weighted by Gasteiger charge is -2.31. The minimum atomic E-state index is -0.252. The molecule has 18 heavy (non-hydrogen) atoms. The summed E-state index contributed by atoms with van der Waals surface area (Å²) in [5.41, 5.74) is 0. The van der Waals surface area contributed by atoms with Crippen LogP contribution >= 0.6 is 0 Å². The minimum Gasteiger partial charge on any atom is -0.368 e. The number of rotatable bonds is 3. The molecule has 0 aliphatic carbocycles. The molecule has 4 heteroatoms. The van der Waals surface area contributed by atoms with Crippen molar-refractivity contribution >= 4 is 11.7 Å². The predicted molar refractivity (Wildman–Crippen MR) is 68.2 cm³/mol. The van der Waals surface area contributed by atoms with Gasteiger partial charge in [0, 0.05) is 25.6 Å². The molecule has 2 heterocycles. The molecule has 2 fully saturated rings. The van der Waals surface area contributed by atoms with Crippen LogP contribution in [0.15, 0.2) is 0 Å². The molecule has 0 aromatic carbocycles. The first kappa shape index (κ1) is 13.5. The second kappa shape index (κ2) is 6.32. The van der Waals surface area contributed by atoms with Gasteiger partial charge in [-0.1, -0.05) is 12.8 Å². The molecule has 0 radical (unpaired) electrons. The highest BCUT2D eigenvalue weighted by Crippen LogP contribution is 2.23. The largest absolute Gasteiger partial charge is 0.368 e. The summed E-state index contributed by atoms with van der Waals surface area (Å²) in [6.07, 6.45) is 6.34. The van der Waals surface area contributed by atoms with Gasteiger partial charge in [0.1, 0.15) is 11.9 Å². The SMILES string of the molecule is CC(=O)CC1CCCCCN1C(=O)C1CCCO1. The fourth-order valence-electron chi connectivity index (χ4n) is 2.97. The van der Waals surface area contributed by atoms with Crippen molar-refractivity contribution in [2.45, 2.75) is 64.0 Å². The van der Waals surface area contributed by atoms with Gasteiger partial charge in [-0.25, -0.2) is 0 Å². The Hall–Kier alpha value is -0.900. The Balaban J connectivity index is 2.03. The first-order valence-electron chi connectivity index (χ1n) is 7.10. The fourth-order valence-corrected chi connectivity index (χ4v) is 2.97. The van der Waals surface area contributed by atoms with Gasteiger partial charge in [0.25, 0.3) is 5.91 Å². The Morgan fingerprint density at radius 2 is 2.00 bits per heavy atom. The predicted octanol–water partition coefficient (Wildman–Crippen LogP) is 1.92. The lowest BCUT2D eigenvalue weighted by atomic mass is 10.0. The zero-order chi connectivity index (χ0) is 13.0. The number of Topliss-reactive ketones (excluding diaryl/α,β-unsaturated/α-hetero) is 1. The zero-order valence-corrected chi connectivity index (χ0v) is 11.2. The van der Waals surface area contributed by atoms with Crippen LogP contribution in [0.1, 0.15) is 51.9 Å². The third kappa shape index (κ3) is 3.31. The van der Waals surface area contributed by atoms with E-state index in [0.717, 1.165) is 45.1 Å². The summed E-state index contributed by atoms with van der Waals surface area (Å²) in [4.78, 5) is 25.7. The molecule has 2 aliphatic heterocycles. The second-order valence-corrected chi connectivity index (χ2v) is 5.44. The third-order valence-electron chi connectivity index (χ3n) is 3.89. The quantitative estimate of drug-likeness (QED) is 0.772. The number of hydrogen-bond acceptors (Lipinski definition) is 3. The number of nitrogens with zero attached hydrogens (tertiary/aromatic N) is 1. The van der Waals surface area contributed by atoms with Crippen LogP contribution in [0.2, 0.25) is 0 Å². The molecule has 102 valence electrons. The van der Waals surface area contributed by atoms with Gasteiger partial charge >= 0.3 is 0 Å². The number of likely N-dealkylation sites (tertiary alicyclic amines) is 1. The van der Waals surface area contributed by atoms with Gasteiger partial charge in [0.05, 0.1) is 0 Å². The molecule has 0 N–H and O–H groups in total. The topological polar surface area (TPSA) is 46.6 Å². The van der Waals surface area contributed by atoms with E-state index in [1.807, 2.05) is 4.90 Å². The second-order valence-electron chi connectivity index (χ2n) is 5.44. The van der Waals surface area contributed by atoms with Crippen LogP contribution in [0.3, 0.4) is 0 Å². The Bertz CT molecular complexity index is 310. The van der Waals surface area contributed by atoms with Crippen molar-refractivity contribution in [3.63, 3.8) is 0 Å². The van der Waals surface area contributed by atoms with E-state index in [-0.39, 0.29) is 23.8 Å². The molecular weight excluding hydrogens is 230 g/mol. The summed E-state index contributed by atoms with van der Waals surface area (Å²) < 4.78 is 5.49. The van der Waals surface area contributed by atoms with E-state index < -0.39 is 0 Å². The highest BCUT2D eigenvalue weighted by molar-refractivity contribution is 5.83. The Labute approximate surface area is 109 Å². The summed E-state index contributed by atoms with van der Waals surface area (Å²) in [7, 11) is 0. The standard InChI is InChI=1S/C14H23NO3/c1-11(16)10-12-6-3-2-4-8-15(12)14(17)13-7-5-9-18-13/h12-13H,2-10H2,1H3. The molecule has 2 aliphatic rings. The third-order valence-corrected chi connectivity index (χ3v) is 3.89. The van der Waals surface area contributed by atoms with E-state index in [9.17, 15) is 9.59 Å². The van der Waals surface area contributed by atoms with Crippen LogP contribution in [0, 0.1) is 0 Å². The van der Waals surface area contributed by atoms with Crippen LogP contribution < -0.4 is 0 Å². The van der Waals surface area contributed by atoms with E-state index in [4.69, 9.17) is 4.74 Å². The molecule has 0 saturated carbocycles. The molecule has 2 unspecified atom stereocenters. The Kier molecular flexibility index (Phi) is 4.75. The highest BCUT2D eigenvalue weighted by atomic mass is 16.5. The van der Waals surface area contributed by atoms with E-state index in [1.54, 1.807) is 6.92 Å². The average Bonchev–Trinajstić information content (AvgIpc) is 2.76. The number of carbonyl (C=O) groups is 2. The van der Waals surface area contributed by atoms with Crippen molar-refractivity contribution in [1.82, 2.24) is 4.90 Å². The molecule has 1 amide bonds. The molecule has 2 atom stereocenters. The van der Waals surface area contributed by atoms with E-state index >= 15 is 0 Å². The van der Waals surface area contributed by atoms with Crippen LogP contribution in [0.4, 0.5) is 0 Å². The highest BCUT2D eigenvalue weighted by Gasteiger charge is 2.33. The van der Waals surface area contributed by atoms with Crippen molar-refractivity contribution in [1.29, 1.82) is 0 Å². The molecule has 0 aromatic heterocycles. The normalized spacial score (nSPS) is 29.1. The lowest BCUT2D eigenvalue weighted by Crippen LogP contribution is -2.45. The maximum Gasteiger partial charge on any atom is 0.251 e. The van der Waals surface area contributed by atoms with Crippen molar-refractivity contribution < 1.29 is 14.3 Å². The van der Waals surface area contributed by atoms with Gasteiger partial charge < -0.3 is 9.64 Å². The molecule has 2 saturated heterocycles. The summed E-state index contributed by atoms with van der Waals surface area (Å²) in [6, 6.07) is 0.0988. The van der Waals surface area contributed by atoms with Crippen LogP contribution in [-0.4, -0.2) is 41.9 Å². The first-order valence-corrected chi connectivity index (χ1v) is 7.10. The van der Waals surface area contributed by atoms with Crippen LogP contribution in [0.5, 0.6) is 0 Å². The van der Waals surface area contributed by atoms with Gasteiger partial charge in [0.2, 0.25) is 0 Å². The number of hydrogen-bond donors (Lipinski definition) is 0. The molecule has 4 nitrogen and oxygen atoms in total.